The van der Waals surface area contributed by atoms with E-state index >= 15 is 0 Å². The number of nitrogens with one attached hydrogen (secondary N) is 2. The Labute approximate surface area is 362 Å². The van der Waals surface area contributed by atoms with Crippen molar-refractivity contribution in [3.8, 4) is 11.1 Å². The van der Waals surface area contributed by atoms with Crippen LogP contribution in [0.4, 0.5) is 11.5 Å². The number of anilines is 2. The molecule has 322 valence electrons. The van der Waals surface area contributed by atoms with Gasteiger partial charge in [-0.05, 0) is 85.8 Å². The first kappa shape index (κ1) is 55.8. The number of rotatable bonds is 10. The minimum Gasteiger partial charge on any atom is -0.398 e. The van der Waals surface area contributed by atoms with Gasteiger partial charge in [-0.2, -0.15) is 41.5 Å². The van der Waals surface area contributed by atoms with Crippen LogP contribution >= 0.6 is 11.6 Å². The van der Waals surface area contributed by atoms with Crippen LogP contribution in [-0.2, 0) is 33.8 Å². The molecule has 11 nitrogen and oxygen atoms in total. The summed E-state index contributed by atoms with van der Waals surface area (Å²) in [5.41, 5.74) is 10.4. The maximum absolute atomic E-state index is 12.1. The van der Waals surface area contributed by atoms with Crippen molar-refractivity contribution in [2.24, 2.45) is 11.3 Å². The minimum atomic E-state index is -0.500. The number of carbonyl (C=O) groups is 2. The normalized spacial score (nSPS) is 13.8. The van der Waals surface area contributed by atoms with E-state index in [2.05, 4.69) is 29.9 Å². The van der Waals surface area contributed by atoms with Crippen LogP contribution in [0.25, 0.3) is 11.1 Å². The molecule has 57 heavy (non-hydrogen) atoms. The van der Waals surface area contributed by atoms with E-state index in [1.54, 1.807) is 40.9 Å². The number of aryl methyl sites for hydroxylation is 1. The smallest absolute Gasteiger partial charge is 0.398 e. The van der Waals surface area contributed by atoms with E-state index in [-0.39, 0.29) is 57.3 Å². The fraction of sp³-hybridized carbons (Fsp3) is 0.568. The summed E-state index contributed by atoms with van der Waals surface area (Å²) in [6.07, 6.45) is 4.10. The topological polar surface area (TPSA) is 150 Å². The predicted molar refractivity (Wildman–Crippen MR) is 236 cm³/mol. The van der Waals surface area contributed by atoms with Gasteiger partial charge in [-0.3, -0.25) is 14.3 Å². The van der Waals surface area contributed by atoms with Crippen LogP contribution in [0, 0.1) is 44.1 Å². The van der Waals surface area contributed by atoms with Gasteiger partial charge in [-0.1, -0.05) is 32.9 Å². The van der Waals surface area contributed by atoms with Gasteiger partial charge in [0, 0.05) is 86.5 Å². The molecule has 1 spiro atoms. The minimum absolute atomic E-state index is 0. The standard InChI is InChI=1S/C27H38ClN7O2.C6H5.C5H12O.C4H10O.CH4.CH3.Ru/c1-16(2)12-34(19(5)37)7-6-31-26-23(24-21(11-29)22(30)8-17(3)25(24)28)18(4)35(32-26)20-9-27(10-20)13-33(14-27)15-36;1-2-4-6-5-3-1;1-5(2,3)6-4;1-4(2,3)5;;;/h8,11,15-16,20,29H,6-7,9-10,12-14,30H2,1-5H3,(H,31,32);1-5H;1-4H3;5H,1-3H3;1H4;1H3;/q;-1;;;;-1;+2. The second-order valence-corrected chi connectivity index (χ2v) is 17.1. The van der Waals surface area contributed by atoms with Crippen molar-refractivity contribution in [1.29, 1.82) is 5.41 Å². The average Bonchev–Trinajstić information content (AvgIpc) is 3.35. The van der Waals surface area contributed by atoms with E-state index in [9.17, 15) is 9.59 Å². The van der Waals surface area contributed by atoms with E-state index in [4.69, 9.17) is 37.7 Å². The fourth-order valence-corrected chi connectivity index (χ4v) is 6.51. The number of nitrogens with two attached hydrogens (primary N) is 1. The Bertz CT molecular complexity index is 1620. The Morgan fingerprint density at radius 2 is 1.68 bits per heavy atom. The molecule has 0 bridgehead atoms. The molecule has 5 N–H and O–H groups in total. The zero-order valence-electron chi connectivity index (χ0n) is 36.0. The first-order valence-corrected chi connectivity index (χ1v) is 19.0. The molecule has 2 aliphatic rings. The number of aliphatic hydroxyl groups is 1. The number of halogens is 1. The van der Waals surface area contributed by atoms with Crippen LogP contribution in [0.1, 0.15) is 105 Å². The van der Waals surface area contributed by atoms with Crippen molar-refractivity contribution in [2.45, 2.75) is 114 Å². The van der Waals surface area contributed by atoms with Crippen molar-refractivity contribution in [3.05, 3.63) is 71.7 Å². The molecule has 1 saturated carbocycles. The largest absolute Gasteiger partial charge is 2.00 e. The van der Waals surface area contributed by atoms with Crippen molar-refractivity contribution < 1.29 is 38.9 Å². The monoisotopic (exact) mass is 899 g/mol. The van der Waals surface area contributed by atoms with Gasteiger partial charge >= 0.3 is 19.5 Å². The van der Waals surface area contributed by atoms with Gasteiger partial charge < -0.3 is 43.5 Å². The number of benzene rings is 2. The SMILES string of the molecule is C.CC(=O)N(CCNc1nn(C2CC3(C2)CN(C=O)C3)c(C)c1-c1c(Cl)c(C)cc(N)c1C=N)CC(C)C.CC(C)(C)O.COC(C)(C)C.[CH3-].[Ru+2].[c-]1ccccc1. The summed E-state index contributed by atoms with van der Waals surface area (Å²) >= 11 is 6.84. The number of ether oxygens (including phenoxy) is 1. The Kier molecular flexibility index (Phi) is 24.1. The number of aromatic nitrogens is 2. The van der Waals surface area contributed by atoms with Crippen molar-refractivity contribution in [3.63, 3.8) is 0 Å². The molecule has 13 heteroatoms. The van der Waals surface area contributed by atoms with Gasteiger partial charge in [0.2, 0.25) is 12.3 Å². The quantitative estimate of drug-likeness (QED) is 0.0522. The molecule has 1 aliphatic carbocycles. The first-order chi connectivity index (χ1) is 25.1. The summed E-state index contributed by atoms with van der Waals surface area (Å²) in [7, 11) is 1.71. The number of hydrogen-bond donors (Lipinski definition) is 4. The van der Waals surface area contributed by atoms with E-state index in [1.165, 1.54) is 6.21 Å². The van der Waals surface area contributed by atoms with Crippen LogP contribution in [0.15, 0.2) is 36.4 Å². The average molecular weight is 900 g/mol. The molecule has 5 rings (SSSR count). The van der Waals surface area contributed by atoms with Crippen molar-refractivity contribution in [1.82, 2.24) is 19.6 Å². The number of nitrogen functional groups attached to an aromatic ring is 1. The van der Waals surface area contributed by atoms with E-state index in [1.807, 2.05) is 74.8 Å². The second kappa shape index (κ2) is 24.6. The summed E-state index contributed by atoms with van der Waals surface area (Å²) in [4.78, 5) is 26.9. The zero-order chi connectivity index (χ0) is 41.0. The van der Waals surface area contributed by atoms with Crippen LogP contribution in [0.3, 0.4) is 0 Å². The molecule has 0 radical (unpaired) electrons. The maximum atomic E-state index is 12.1. The Hall–Kier alpha value is -3.31. The summed E-state index contributed by atoms with van der Waals surface area (Å²) in [6.45, 7) is 24.4. The van der Waals surface area contributed by atoms with Gasteiger partial charge in [0.15, 0.2) is 5.82 Å². The van der Waals surface area contributed by atoms with Gasteiger partial charge in [0.05, 0.1) is 22.3 Å². The van der Waals surface area contributed by atoms with E-state index in [0.717, 1.165) is 49.2 Å². The molecule has 0 atom stereocenters. The van der Waals surface area contributed by atoms with Gasteiger partial charge in [-0.15, -0.1) is 0 Å². The third-order valence-electron chi connectivity index (χ3n) is 8.90. The third-order valence-corrected chi connectivity index (χ3v) is 9.38. The summed E-state index contributed by atoms with van der Waals surface area (Å²) in [5, 5.41) is 25.6. The molecule has 1 saturated heterocycles. The predicted octanol–water partition coefficient (Wildman–Crippen LogP) is 8.89. The molecule has 2 heterocycles. The molecule has 2 fully saturated rings. The third kappa shape index (κ3) is 17.6. The molecule has 2 amide bonds. The number of carbonyl (C=O) groups excluding carboxylic acids is 2. The number of amides is 2. The molecular weight excluding hydrogens is 827 g/mol. The van der Waals surface area contributed by atoms with Crippen molar-refractivity contribution in [2.75, 3.05) is 50.9 Å². The summed E-state index contributed by atoms with van der Waals surface area (Å²) in [6, 6.07) is 14.5. The Balaban J connectivity index is 0. The van der Waals surface area contributed by atoms with Crippen molar-refractivity contribution >= 4 is 41.6 Å². The van der Waals surface area contributed by atoms with Crippen LogP contribution < -0.4 is 11.1 Å². The van der Waals surface area contributed by atoms with Gasteiger partial charge in [0.25, 0.3) is 0 Å². The summed E-state index contributed by atoms with van der Waals surface area (Å²) < 4.78 is 7.00. The van der Waals surface area contributed by atoms with Gasteiger partial charge in [0.1, 0.15) is 0 Å². The Morgan fingerprint density at radius 1 is 1.16 bits per heavy atom. The zero-order valence-corrected chi connectivity index (χ0v) is 38.5. The Morgan fingerprint density at radius 3 is 2.07 bits per heavy atom. The second-order valence-electron chi connectivity index (χ2n) is 16.7. The molecular formula is C44H72ClN7O4Ru. The molecule has 2 aromatic carbocycles. The van der Waals surface area contributed by atoms with Crippen LogP contribution in [-0.4, -0.2) is 94.3 Å². The van der Waals surface area contributed by atoms with E-state index < -0.39 is 5.60 Å². The number of methoxy groups -OCH3 is 1. The molecule has 1 aliphatic heterocycles. The van der Waals surface area contributed by atoms with E-state index in [0.29, 0.717) is 53.2 Å². The van der Waals surface area contributed by atoms with Crippen LogP contribution in [0.2, 0.25) is 5.02 Å². The molecule has 1 aromatic heterocycles. The number of nitrogens with zero attached hydrogens (tertiary/aromatic N) is 4. The first-order valence-electron chi connectivity index (χ1n) is 18.6. The fourth-order valence-electron chi connectivity index (χ4n) is 6.26. The molecule has 3 aromatic rings. The van der Waals surface area contributed by atoms with Crippen LogP contribution in [0.5, 0.6) is 0 Å². The number of hydrogen-bond acceptors (Lipinski definition) is 8. The maximum Gasteiger partial charge on any atom is 2.00 e. The number of likely N-dealkylation sites (tertiary alicyclic amines) is 1. The van der Waals surface area contributed by atoms with Gasteiger partial charge in [-0.25, -0.2) is 0 Å². The summed E-state index contributed by atoms with van der Waals surface area (Å²) in [5.74, 6) is 1.09. The molecule has 0 unspecified atom stereocenters.